The lowest BCUT2D eigenvalue weighted by Crippen LogP contribution is -1.95. The van der Waals surface area contributed by atoms with E-state index in [0.717, 1.165) is 21.7 Å². The zero-order chi connectivity index (χ0) is 8.27. The highest BCUT2D eigenvalue weighted by Crippen LogP contribution is 2.25. The molecule has 0 aliphatic rings. The second-order valence-electron chi connectivity index (χ2n) is 2.16. The average Bonchev–Trinajstić information content (AvgIpc) is 1.98. The molecule has 1 aromatic carbocycles. The molecule has 3 heteroatoms. The summed E-state index contributed by atoms with van der Waals surface area (Å²) < 4.78 is 0.931. The van der Waals surface area contributed by atoms with Gasteiger partial charge in [0.1, 0.15) is 0 Å². The van der Waals surface area contributed by atoms with Gasteiger partial charge in [-0.1, -0.05) is 11.6 Å². The van der Waals surface area contributed by atoms with Gasteiger partial charge >= 0.3 is 0 Å². The smallest absolute Gasteiger partial charge is 0.0568 e. The van der Waals surface area contributed by atoms with Crippen LogP contribution in [0.1, 0.15) is 6.92 Å². The molecule has 1 aromatic rings. The van der Waals surface area contributed by atoms with Gasteiger partial charge in [-0.2, -0.15) is 0 Å². The summed E-state index contributed by atoms with van der Waals surface area (Å²) in [5, 5.41) is 3.91. The zero-order valence-corrected chi connectivity index (χ0v) is 8.54. The van der Waals surface area contributed by atoms with Crippen LogP contribution in [-0.2, 0) is 0 Å². The minimum absolute atomic E-state index is 0.739. The Morgan fingerprint density at radius 1 is 1.55 bits per heavy atom. The first kappa shape index (κ1) is 8.88. The number of hydrogen-bond donors (Lipinski definition) is 1. The van der Waals surface area contributed by atoms with Crippen molar-refractivity contribution in [3.63, 3.8) is 0 Å². The van der Waals surface area contributed by atoms with Crippen molar-refractivity contribution in [2.24, 2.45) is 0 Å². The molecule has 1 rings (SSSR count). The molecular weight excluding hydrogens is 225 g/mol. The molecule has 11 heavy (non-hydrogen) atoms. The van der Waals surface area contributed by atoms with Crippen molar-refractivity contribution in [1.82, 2.24) is 0 Å². The van der Waals surface area contributed by atoms with Crippen molar-refractivity contribution < 1.29 is 0 Å². The molecule has 0 bridgehead atoms. The molecule has 0 aliphatic carbocycles. The Hall–Kier alpha value is -0.210. The third-order valence-corrected chi connectivity index (χ3v) is 2.53. The topological polar surface area (TPSA) is 12.0 Å². The van der Waals surface area contributed by atoms with Crippen molar-refractivity contribution >= 4 is 33.2 Å². The van der Waals surface area contributed by atoms with Crippen LogP contribution in [0.25, 0.3) is 0 Å². The first-order valence-corrected chi connectivity index (χ1v) is 4.60. The summed E-state index contributed by atoms with van der Waals surface area (Å²) in [7, 11) is 0. The number of hydrogen-bond acceptors (Lipinski definition) is 1. The molecular formula is C8H9BrClN. The SMILES string of the molecule is CCNc1ccc(Br)c(Cl)c1. The van der Waals surface area contributed by atoms with Crippen LogP contribution in [-0.4, -0.2) is 6.54 Å². The standard InChI is InChI=1S/C8H9BrClN/c1-2-11-6-3-4-7(9)8(10)5-6/h3-5,11H,2H2,1H3. The highest BCUT2D eigenvalue weighted by atomic mass is 79.9. The van der Waals surface area contributed by atoms with E-state index < -0.39 is 0 Å². The fraction of sp³-hybridized carbons (Fsp3) is 0.250. The molecule has 0 aliphatic heterocycles. The van der Waals surface area contributed by atoms with E-state index in [4.69, 9.17) is 11.6 Å². The summed E-state index contributed by atoms with van der Waals surface area (Å²) in [6.07, 6.45) is 0. The van der Waals surface area contributed by atoms with Gasteiger partial charge in [0.15, 0.2) is 0 Å². The van der Waals surface area contributed by atoms with Crippen LogP contribution in [0.15, 0.2) is 22.7 Å². The van der Waals surface area contributed by atoms with Crippen molar-refractivity contribution in [2.75, 3.05) is 11.9 Å². The molecule has 0 spiro atoms. The molecule has 0 unspecified atom stereocenters. The number of rotatable bonds is 2. The highest BCUT2D eigenvalue weighted by Gasteiger charge is 1.96. The van der Waals surface area contributed by atoms with Gasteiger partial charge in [0.05, 0.1) is 5.02 Å². The van der Waals surface area contributed by atoms with Crippen LogP contribution < -0.4 is 5.32 Å². The van der Waals surface area contributed by atoms with Crippen molar-refractivity contribution in [2.45, 2.75) is 6.92 Å². The number of benzene rings is 1. The van der Waals surface area contributed by atoms with Gasteiger partial charge in [-0.25, -0.2) is 0 Å². The van der Waals surface area contributed by atoms with Gasteiger partial charge in [0.25, 0.3) is 0 Å². The normalized spacial score (nSPS) is 9.73. The Morgan fingerprint density at radius 3 is 2.82 bits per heavy atom. The van der Waals surface area contributed by atoms with E-state index in [1.807, 2.05) is 18.2 Å². The molecule has 0 atom stereocenters. The third kappa shape index (κ3) is 2.38. The number of nitrogens with one attached hydrogen (secondary N) is 1. The van der Waals surface area contributed by atoms with Gasteiger partial charge in [-0.15, -0.1) is 0 Å². The predicted molar refractivity (Wildman–Crippen MR) is 53.3 cm³/mol. The fourth-order valence-corrected chi connectivity index (χ4v) is 1.24. The van der Waals surface area contributed by atoms with Crippen molar-refractivity contribution in [3.8, 4) is 0 Å². The summed E-state index contributed by atoms with van der Waals surface area (Å²) in [5.74, 6) is 0. The Morgan fingerprint density at radius 2 is 2.27 bits per heavy atom. The minimum atomic E-state index is 0.739. The summed E-state index contributed by atoms with van der Waals surface area (Å²) in [5.41, 5.74) is 1.06. The largest absolute Gasteiger partial charge is 0.385 e. The lowest BCUT2D eigenvalue weighted by Gasteiger charge is -2.03. The number of halogens is 2. The first-order chi connectivity index (χ1) is 5.24. The van der Waals surface area contributed by atoms with Crippen LogP contribution in [0.3, 0.4) is 0 Å². The maximum atomic E-state index is 5.86. The minimum Gasteiger partial charge on any atom is -0.385 e. The Balaban J connectivity index is 2.86. The molecule has 1 nitrogen and oxygen atoms in total. The summed E-state index contributed by atoms with van der Waals surface area (Å²) in [6.45, 7) is 2.97. The van der Waals surface area contributed by atoms with Crippen LogP contribution in [0, 0.1) is 0 Å². The van der Waals surface area contributed by atoms with E-state index in [9.17, 15) is 0 Å². The Labute approximate surface area is 79.9 Å². The van der Waals surface area contributed by atoms with Crippen LogP contribution in [0.4, 0.5) is 5.69 Å². The average molecular weight is 235 g/mol. The first-order valence-electron chi connectivity index (χ1n) is 3.43. The van der Waals surface area contributed by atoms with Gasteiger partial charge in [0.2, 0.25) is 0 Å². The molecule has 0 fully saturated rings. The van der Waals surface area contributed by atoms with E-state index in [1.54, 1.807) is 0 Å². The van der Waals surface area contributed by atoms with Crippen molar-refractivity contribution in [3.05, 3.63) is 27.7 Å². The van der Waals surface area contributed by atoms with Crippen LogP contribution in [0.2, 0.25) is 5.02 Å². The third-order valence-electron chi connectivity index (χ3n) is 1.30. The quantitative estimate of drug-likeness (QED) is 0.825. The Bertz CT molecular complexity index is 250. The molecule has 0 radical (unpaired) electrons. The molecule has 0 aromatic heterocycles. The Kier molecular flexibility index (Phi) is 3.21. The fourth-order valence-electron chi connectivity index (χ4n) is 0.810. The molecule has 0 saturated carbocycles. The van der Waals surface area contributed by atoms with Crippen LogP contribution >= 0.6 is 27.5 Å². The van der Waals surface area contributed by atoms with E-state index in [-0.39, 0.29) is 0 Å². The number of anilines is 1. The van der Waals surface area contributed by atoms with Gasteiger partial charge in [-0.05, 0) is 41.1 Å². The van der Waals surface area contributed by atoms with Gasteiger partial charge in [0, 0.05) is 16.7 Å². The summed E-state index contributed by atoms with van der Waals surface area (Å²) >= 11 is 9.18. The van der Waals surface area contributed by atoms with Crippen LogP contribution in [0.5, 0.6) is 0 Å². The van der Waals surface area contributed by atoms with E-state index in [2.05, 4.69) is 28.2 Å². The van der Waals surface area contributed by atoms with Crippen molar-refractivity contribution in [1.29, 1.82) is 0 Å². The van der Waals surface area contributed by atoms with Gasteiger partial charge < -0.3 is 5.32 Å². The monoisotopic (exact) mass is 233 g/mol. The molecule has 0 saturated heterocycles. The predicted octanol–water partition coefficient (Wildman–Crippen LogP) is 3.53. The summed E-state index contributed by atoms with van der Waals surface area (Å²) in [4.78, 5) is 0. The highest BCUT2D eigenvalue weighted by molar-refractivity contribution is 9.10. The maximum absolute atomic E-state index is 5.86. The van der Waals surface area contributed by atoms with E-state index in [1.165, 1.54) is 0 Å². The second kappa shape index (κ2) is 3.98. The lowest BCUT2D eigenvalue weighted by molar-refractivity contribution is 1.21. The molecule has 60 valence electrons. The lowest BCUT2D eigenvalue weighted by atomic mass is 10.3. The van der Waals surface area contributed by atoms with Gasteiger partial charge in [-0.3, -0.25) is 0 Å². The zero-order valence-electron chi connectivity index (χ0n) is 6.20. The molecule has 0 heterocycles. The molecule has 1 N–H and O–H groups in total. The second-order valence-corrected chi connectivity index (χ2v) is 3.42. The maximum Gasteiger partial charge on any atom is 0.0568 e. The molecule has 0 amide bonds. The summed E-state index contributed by atoms with van der Waals surface area (Å²) in [6, 6.07) is 5.81. The van der Waals surface area contributed by atoms with E-state index in [0.29, 0.717) is 0 Å². The van der Waals surface area contributed by atoms with E-state index >= 15 is 0 Å².